The molecule has 0 saturated heterocycles. The highest BCUT2D eigenvalue weighted by molar-refractivity contribution is 7.15. The van der Waals surface area contributed by atoms with E-state index in [2.05, 4.69) is 16.0 Å². The Bertz CT molecular complexity index is 1040. The minimum atomic E-state index is -0.296. The third kappa shape index (κ3) is 2.36. The van der Waals surface area contributed by atoms with Gasteiger partial charge in [0.2, 0.25) is 0 Å². The lowest BCUT2D eigenvalue weighted by atomic mass is 10.1. The number of benzene rings is 1. The minimum Gasteiger partial charge on any atom is -0.284 e. The second-order valence-electron chi connectivity index (χ2n) is 5.20. The maximum Gasteiger partial charge on any atom is 0.195 e. The van der Waals surface area contributed by atoms with Crippen molar-refractivity contribution in [3.8, 4) is 28.7 Å². The molecule has 0 spiro atoms. The van der Waals surface area contributed by atoms with Crippen molar-refractivity contribution in [2.24, 2.45) is 0 Å². The van der Waals surface area contributed by atoms with Gasteiger partial charge in [-0.15, -0.1) is 11.3 Å². The van der Waals surface area contributed by atoms with Crippen LogP contribution < -0.4 is 0 Å². The minimum absolute atomic E-state index is 0.213. The van der Waals surface area contributed by atoms with Crippen LogP contribution in [0.2, 0.25) is 0 Å². The summed E-state index contributed by atoms with van der Waals surface area (Å²) in [5.74, 6) is -0.296. The zero-order chi connectivity index (χ0) is 16.5. The monoisotopic (exact) mass is 334 g/mol. The highest BCUT2D eigenvalue weighted by Crippen LogP contribution is 2.32. The molecule has 0 bridgehead atoms. The van der Waals surface area contributed by atoms with Gasteiger partial charge in [0.05, 0.1) is 35.3 Å². The summed E-state index contributed by atoms with van der Waals surface area (Å²) in [6.45, 7) is 0. The van der Waals surface area contributed by atoms with Gasteiger partial charge in [-0.05, 0) is 36.4 Å². The molecular formula is C18H11FN4S. The van der Waals surface area contributed by atoms with Crippen molar-refractivity contribution in [3.05, 3.63) is 65.6 Å². The van der Waals surface area contributed by atoms with Crippen molar-refractivity contribution in [3.63, 3.8) is 0 Å². The van der Waals surface area contributed by atoms with Crippen LogP contribution in [0.4, 0.5) is 4.39 Å². The Kier molecular flexibility index (Phi) is 3.56. The molecule has 3 heterocycles. The molecule has 4 aromatic rings. The van der Waals surface area contributed by atoms with E-state index in [4.69, 9.17) is 0 Å². The van der Waals surface area contributed by atoms with Gasteiger partial charge in [-0.3, -0.25) is 9.38 Å². The third-order valence-electron chi connectivity index (χ3n) is 3.75. The molecule has 0 aliphatic rings. The fourth-order valence-corrected chi connectivity index (χ4v) is 3.59. The number of thiazole rings is 1. The van der Waals surface area contributed by atoms with Gasteiger partial charge in [-0.1, -0.05) is 6.07 Å². The van der Waals surface area contributed by atoms with E-state index in [0.29, 0.717) is 5.69 Å². The lowest BCUT2D eigenvalue weighted by molar-refractivity contribution is 0.628. The molecule has 1 aromatic carbocycles. The van der Waals surface area contributed by atoms with E-state index in [9.17, 15) is 9.65 Å². The molecule has 0 N–H and O–H groups in total. The van der Waals surface area contributed by atoms with Crippen LogP contribution in [0.1, 0.15) is 5.69 Å². The van der Waals surface area contributed by atoms with E-state index in [0.717, 1.165) is 27.6 Å². The van der Waals surface area contributed by atoms with Gasteiger partial charge in [0.15, 0.2) is 4.96 Å². The Morgan fingerprint density at radius 1 is 1.17 bits per heavy atom. The molecule has 6 heteroatoms. The van der Waals surface area contributed by atoms with E-state index < -0.39 is 0 Å². The number of nitriles is 1. The van der Waals surface area contributed by atoms with Crippen LogP contribution in [0.5, 0.6) is 0 Å². The highest BCUT2D eigenvalue weighted by atomic mass is 32.1. The average molecular weight is 334 g/mol. The summed E-state index contributed by atoms with van der Waals surface area (Å²) in [5.41, 5.74) is 4.03. The molecule has 0 saturated carbocycles. The van der Waals surface area contributed by atoms with Gasteiger partial charge >= 0.3 is 0 Å². The first-order valence-electron chi connectivity index (χ1n) is 7.31. The molecule has 0 amide bonds. The Labute approximate surface area is 141 Å². The van der Waals surface area contributed by atoms with Crippen LogP contribution >= 0.6 is 11.3 Å². The number of hydrogen-bond donors (Lipinski definition) is 0. The summed E-state index contributed by atoms with van der Waals surface area (Å²) in [5, 5.41) is 11.2. The van der Waals surface area contributed by atoms with Crippen molar-refractivity contribution in [1.82, 2.24) is 14.4 Å². The van der Waals surface area contributed by atoms with Crippen LogP contribution in [0.25, 0.3) is 27.6 Å². The van der Waals surface area contributed by atoms with Crippen LogP contribution in [0.15, 0.2) is 54.0 Å². The maximum absolute atomic E-state index is 13.2. The zero-order valence-electron chi connectivity index (χ0n) is 12.5. The van der Waals surface area contributed by atoms with Crippen LogP contribution in [-0.4, -0.2) is 14.4 Å². The first kappa shape index (κ1) is 14.5. The third-order valence-corrected chi connectivity index (χ3v) is 4.58. The lowest BCUT2D eigenvalue weighted by Gasteiger charge is -2.04. The maximum atomic E-state index is 13.2. The van der Waals surface area contributed by atoms with Crippen molar-refractivity contribution in [1.29, 1.82) is 5.26 Å². The van der Waals surface area contributed by atoms with E-state index in [1.807, 2.05) is 28.0 Å². The van der Waals surface area contributed by atoms with Gasteiger partial charge in [0.1, 0.15) is 5.82 Å². The predicted octanol–water partition coefficient (Wildman–Crippen LogP) is 4.33. The lowest BCUT2D eigenvalue weighted by Crippen LogP contribution is -1.96. The molecule has 0 aliphatic heterocycles. The van der Waals surface area contributed by atoms with E-state index in [-0.39, 0.29) is 12.2 Å². The number of imidazole rings is 1. The van der Waals surface area contributed by atoms with Gasteiger partial charge < -0.3 is 0 Å². The Morgan fingerprint density at radius 3 is 2.71 bits per heavy atom. The normalized spacial score (nSPS) is 10.8. The van der Waals surface area contributed by atoms with E-state index in [1.54, 1.807) is 18.3 Å². The molecule has 3 aromatic heterocycles. The smallest absolute Gasteiger partial charge is 0.195 e. The molecule has 0 aliphatic carbocycles. The summed E-state index contributed by atoms with van der Waals surface area (Å²) < 4.78 is 15.2. The van der Waals surface area contributed by atoms with Crippen molar-refractivity contribution in [2.45, 2.75) is 6.42 Å². The summed E-state index contributed by atoms with van der Waals surface area (Å²) in [6, 6.07) is 14.1. The molecule has 0 fully saturated rings. The number of aromatic nitrogens is 3. The number of halogens is 1. The van der Waals surface area contributed by atoms with Gasteiger partial charge in [-0.2, -0.15) is 5.26 Å². The Balaban J connectivity index is 1.97. The molecule has 0 radical (unpaired) electrons. The number of nitrogens with zero attached hydrogens (tertiary/aromatic N) is 4. The number of pyridine rings is 1. The standard InChI is InChI=1S/C18H11FN4S/c19-13-6-4-12(5-7-13)17-15(8-9-20)23-16(11-24-18(23)22-17)14-3-1-2-10-21-14/h1-7,10-11H,8H2. The topological polar surface area (TPSA) is 54.0 Å². The quantitative estimate of drug-likeness (QED) is 0.560. The molecule has 24 heavy (non-hydrogen) atoms. The summed E-state index contributed by atoms with van der Waals surface area (Å²) in [4.78, 5) is 9.84. The SMILES string of the molecule is N#CCc1c(-c2ccc(F)cc2)nc2scc(-c3ccccn3)n12. The van der Waals surface area contributed by atoms with Crippen LogP contribution in [0.3, 0.4) is 0 Å². The summed E-state index contributed by atoms with van der Waals surface area (Å²) in [7, 11) is 0. The van der Waals surface area contributed by atoms with E-state index in [1.165, 1.54) is 23.5 Å². The molecule has 4 rings (SSSR count). The van der Waals surface area contributed by atoms with Gasteiger partial charge in [0, 0.05) is 17.1 Å². The fraction of sp³-hybridized carbons (Fsp3) is 0.0556. The fourth-order valence-electron chi connectivity index (χ4n) is 2.69. The highest BCUT2D eigenvalue weighted by Gasteiger charge is 2.19. The Hall–Kier alpha value is -3.04. The van der Waals surface area contributed by atoms with Crippen molar-refractivity contribution < 1.29 is 4.39 Å². The van der Waals surface area contributed by atoms with Crippen LogP contribution in [0, 0.1) is 17.1 Å². The largest absolute Gasteiger partial charge is 0.284 e. The van der Waals surface area contributed by atoms with Gasteiger partial charge in [0.25, 0.3) is 0 Å². The molecule has 116 valence electrons. The summed E-state index contributed by atoms with van der Waals surface area (Å²) in [6.07, 6.45) is 1.95. The number of fused-ring (bicyclic) bond motifs is 1. The van der Waals surface area contributed by atoms with E-state index >= 15 is 0 Å². The molecule has 4 nitrogen and oxygen atoms in total. The first-order valence-corrected chi connectivity index (χ1v) is 8.19. The summed E-state index contributed by atoms with van der Waals surface area (Å²) >= 11 is 1.50. The zero-order valence-corrected chi connectivity index (χ0v) is 13.3. The van der Waals surface area contributed by atoms with Crippen molar-refractivity contribution >= 4 is 16.3 Å². The Morgan fingerprint density at radius 2 is 2.00 bits per heavy atom. The van der Waals surface area contributed by atoms with Crippen molar-refractivity contribution in [2.75, 3.05) is 0 Å². The van der Waals surface area contributed by atoms with Gasteiger partial charge in [-0.25, -0.2) is 9.37 Å². The number of rotatable bonds is 3. The predicted molar refractivity (Wildman–Crippen MR) is 91.0 cm³/mol. The first-order chi connectivity index (χ1) is 11.8. The molecular weight excluding hydrogens is 323 g/mol. The second kappa shape index (κ2) is 5.87. The van der Waals surface area contributed by atoms with Crippen LogP contribution in [-0.2, 0) is 6.42 Å². The number of hydrogen-bond acceptors (Lipinski definition) is 4. The second-order valence-corrected chi connectivity index (χ2v) is 6.04. The molecule has 0 atom stereocenters. The molecule has 0 unspecified atom stereocenters. The average Bonchev–Trinajstić information content (AvgIpc) is 3.17.